The molecule has 0 aromatic carbocycles. The first-order valence-electron chi connectivity index (χ1n) is 7.32. The molecule has 0 aromatic rings. The maximum Gasteiger partial charge on any atom is 0.00670 e. The summed E-state index contributed by atoms with van der Waals surface area (Å²) in [6.07, 6.45) is 10.00. The lowest BCUT2D eigenvalue weighted by molar-refractivity contribution is 0.278. The number of likely N-dealkylation sites (tertiary alicyclic amines) is 1. The van der Waals surface area contributed by atoms with Crippen LogP contribution < -0.4 is 5.32 Å². The molecule has 2 fully saturated rings. The van der Waals surface area contributed by atoms with Crippen molar-refractivity contribution in [1.29, 1.82) is 0 Å². The molecule has 1 heterocycles. The fourth-order valence-corrected chi connectivity index (χ4v) is 2.76. The monoisotopic (exact) mass is 224 g/mol. The zero-order valence-electron chi connectivity index (χ0n) is 10.9. The highest BCUT2D eigenvalue weighted by Gasteiger charge is 2.27. The van der Waals surface area contributed by atoms with Crippen LogP contribution in [0.4, 0.5) is 0 Å². The minimum absolute atomic E-state index is 0.768. The standard InChI is InChI=1S/C14H28N2/c1-13(14-7-8-14)15-9-6-12-16-10-4-2-3-5-11-16/h13-15H,2-12H2,1H3. The van der Waals surface area contributed by atoms with Gasteiger partial charge < -0.3 is 10.2 Å². The van der Waals surface area contributed by atoms with Crippen LogP contribution in [0.5, 0.6) is 0 Å². The number of hydrogen-bond acceptors (Lipinski definition) is 2. The Hall–Kier alpha value is -0.0800. The summed E-state index contributed by atoms with van der Waals surface area (Å²) in [5.41, 5.74) is 0. The molecule has 0 spiro atoms. The number of hydrogen-bond donors (Lipinski definition) is 1. The van der Waals surface area contributed by atoms with Crippen molar-refractivity contribution >= 4 is 0 Å². The van der Waals surface area contributed by atoms with Gasteiger partial charge in [0.25, 0.3) is 0 Å². The quantitative estimate of drug-likeness (QED) is 0.698. The Bertz CT molecular complexity index is 181. The van der Waals surface area contributed by atoms with E-state index in [2.05, 4.69) is 17.1 Å². The molecule has 16 heavy (non-hydrogen) atoms. The van der Waals surface area contributed by atoms with Crippen molar-refractivity contribution in [3.05, 3.63) is 0 Å². The van der Waals surface area contributed by atoms with E-state index in [-0.39, 0.29) is 0 Å². The normalized spacial score (nSPS) is 25.3. The zero-order valence-corrected chi connectivity index (χ0v) is 10.9. The van der Waals surface area contributed by atoms with Crippen molar-refractivity contribution in [2.24, 2.45) is 5.92 Å². The molecule has 0 aromatic heterocycles. The van der Waals surface area contributed by atoms with Gasteiger partial charge in [-0.05, 0) is 71.1 Å². The summed E-state index contributed by atoms with van der Waals surface area (Å²) in [5.74, 6) is 0.998. The molecule has 1 atom stereocenters. The molecule has 94 valence electrons. The maximum absolute atomic E-state index is 3.67. The molecule has 0 radical (unpaired) electrons. The molecular weight excluding hydrogens is 196 g/mol. The van der Waals surface area contributed by atoms with E-state index in [1.807, 2.05) is 0 Å². The molecule has 1 aliphatic carbocycles. The van der Waals surface area contributed by atoms with E-state index in [1.54, 1.807) is 0 Å². The fourth-order valence-electron chi connectivity index (χ4n) is 2.76. The van der Waals surface area contributed by atoms with Gasteiger partial charge in [-0.3, -0.25) is 0 Å². The summed E-state index contributed by atoms with van der Waals surface area (Å²) in [6, 6.07) is 0.768. The van der Waals surface area contributed by atoms with E-state index in [1.165, 1.54) is 71.1 Å². The molecule has 0 bridgehead atoms. The molecule has 1 N–H and O–H groups in total. The minimum Gasteiger partial charge on any atom is -0.314 e. The first kappa shape index (κ1) is 12.4. The molecule has 2 aliphatic rings. The Balaban J connectivity index is 1.49. The van der Waals surface area contributed by atoms with Gasteiger partial charge in [-0.2, -0.15) is 0 Å². The van der Waals surface area contributed by atoms with Crippen LogP contribution in [0.3, 0.4) is 0 Å². The van der Waals surface area contributed by atoms with Crippen LogP contribution in [-0.4, -0.2) is 37.1 Å². The van der Waals surface area contributed by atoms with Gasteiger partial charge in [0, 0.05) is 6.04 Å². The molecule has 2 rings (SSSR count). The van der Waals surface area contributed by atoms with E-state index < -0.39 is 0 Å². The van der Waals surface area contributed by atoms with Gasteiger partial charge in [-0.15, -0.1) is 0 Å². The first-order valence-corrected chi connectivity index (χ1v) is 7.32. The zero-order chi connectivity index (χ0) is 11.2. The van der Waals surface area contributed by atoms with Crippen molar-refractivity contribution in [3.8, 4) is 0 Å². The molecule has 0 amide bonds. The van der Waals surface area contributed by atoms with E-state index in [0.29, 0.717) is 0 Å². The summed E-state index contributed by atoms with van der Waals surface area (Å²) < 4.78 is 0. The molecule has 2 nitrogen and oxygen atoms in total. The average molecular weight is 224 g/mol. The summed E-state index contributed by atoms with van der Waals surface area (Å²) in [7, 11) is 0. The summed E-state index contributed by atoms with van der Waals surface area (Å²) in [6.45, 7) is 7.57. The highest BCUT2D eigenvalue weighted by atomic mass is 15.1. The number of rotatable bonds is 6. The van der Waals surface area contributed by atoms with E-state index in [0.717, 1.165) is 12.0 Å². The minimum atomic E-state index is 0.768. The molecular formula is C14H28N2. The van der Waals surface area contributed by atoms with Gasteiger partial charge in [0.05, 0.1) is 0 Å². The van der Waals surface area contributed by atoms with Gasteiger partial charge in [-0.1, -0.05) is 12.8 Å². The van der Waals surface area contributed by atoms with Crippen molar-refractivity contribution in [1.82, 2.24) is 10.2 Å². The smallest absolute Gasteiger partial charge is 0.00670 e. The van der Waals surface area contributed by atoms with Crippen molar-refractivity contribution in [2.75, 3.05) is 26.2 Å². The Morgan fingerprint density at radius 1 is 1.12 bits per heavy atom. The second-order valence-corrected chi connectivity index (χ2v) is 5.69. The highest BCUT2D eigenvalue weighted by molar-refractivity contribution is 4.83. The van der Waals surface area contributed by atoms with Gasteiger partial charge >= 0.3 is 0 Å². The highest BCUT2D eigenvalue weighted by Crippen LogP contribution is 2.32. The van der Waals surface area contributed by atoms with E-state index in [4.69, 9.17) is 0 Å². The second kappa shape index (κ2) is 6.61. The Morgan fingerprint density at radius 3 is 2.44 bits per heavy atom. The van der Waals surface area contributed by atoms with Gasteiger partial charge in [0.1, 0.15) is 0 Å². The predicted octanol–water partition coefficient (Wildman–Crippen LogP) is 2.64. The second-order valence-electron chi connectivity index (χ2n) is 5.69. The third-order valence-electron chi connectivity index (χ3n) is 4.15. The number of nitrogens with one attached hydrogen (secondary N) is 1. The number of nitrogens with zero attached hydrogens (tertiary/aromatic N) is 1. The van der Waals surface area contributed by atoms with Crippen LogP contribution in [-0.2, 0) is 0 Å². The summed E-state index contributed by atoms with van der Waals surface area (Å²) in [4.78, 5) is 2.66. The first-order chi connectivity index (χ1) is 7.86. The third-order valence-corrected chi connectivity index (χ3v) is 4.15. The lowest BCUT2D eigenvalue weighted by Crippen LogP contribution is -2.32. The molecule has 1 unspecified atom stereocenters. The topological polar surface area (TPSA) is 15.3 Å². The van der Waals surface area contributed by atoms with Crippen LogP contribution in [0, 0.1) is 5.92 Å². The van der Waals surface area contributed by atoms with Crippen LogP contribution in [0.25, 0.3) is 0 Å². The summed E-state index contributed by atoms with van der Waals surface area (Å²) in [5, 5.41) is 3.67. The fraction of sp³-hybridized carbons (Fsp3) is 1.00. The van der Waals surface area contributed by atoms with Gasteiger partial charge in [0.15, 0.2) is 0 Å². The Labute approximate surface area is 101 Å². The van der Waals surface area contributed by atoms with Crippen LogP contribution in [0.1, 0.15) is 51.9 Å². The molecule has 1 saturated carbocycles. The molecule has 1 aliphatic heterocycles. The summed E-state index contributed by atoms with van der Waals surface area (Å²) >= 11 is 0. The van der Waals surface area contributed by atoms with Gasteiger partial charge in [0.2, 0.25) is 0 Å². The lowest BCUT2D eigenvalue weighted by atomic mass is 10.2. The van der Waals surface area contributed by atoms with Crippen LogP contribution in [0.15, 0.2) is 0 Å². The SMILES string of the molecule is CC(NCCCN1CCCCCC1)C1CC1. The van der Waals surface area contributed by atoms with E-state index >= 15 is 0 Å². The van der Waals surface area contributed by atoms with Crippen molar-refractivity contribution in [2.45, 2.75) is 57.9 Å². The average Bonchev–Trinajstić information content (AvgIpc) is 3.10. The van der Waals surface area contributed by atoms with Crippen molar-refractivity contribution in [3.63, 3.8) is 0 Å². The van der Waals surface area contributed by atoms with Crippen LogP contribution in [0.2, 0.25) is 0 Å². The molecule has 2 heteroatoms. The predicted molar refractivity (Wildman–Crippen MR) is 69.7 cm³/mol. The Kier molecular flexibility index (Phi) is 5.11. The van der Waals surface area contributed by atoms with Crippen LogP contribution >= 0.6 is 0 Å². The Morgan fingerprint density at radius 2 is 1.81 bits per heavy atom. The molecule has 1 saturated heterocycles. The maximum atomic E-state index is 3.67. The van der Waals surface area contributed by atoms with Gasteiger partial charge in [-0.25, -0.2) is 0 Å². The largest absolute Gasteiger partial charge is 0.314 e. The van der Waals surface area contributed by atoms with E-state index in [9.17, 15) is 0 Å². The lowest BCUT2D eigenvalue weighted by Gasteiger charge is -2.20. The third kappa shape index (κ3) is 4.42. The van der Waals surface area contributed by atoms with Crippen molar-refractivity contribution < 1.29 is 0 Å².